The third-order valence-corrected chi connectivity index (χ3v) is 6.10. The molecular formula is C19H17NO3S3. The number of carbonyl (C=O) groups is 2. The van der Waals surface area contributed by atoms with Gasteiger partial charge in [0.05, 0.1) is 4.91 Å². The van der Waals surface area contributed by atoms with Gasteiger partial charge in [-0.1, -0.05) is 66.4 Å². The van der Waals surface area contributed by atoms with Crippen molar-refractivity contribution in [3.05, 3.63) is 52.9 Å². The highest BCUT2D eigenvalue weighted by molar-refractivity contribution is 8.26. The Morgan fingerprint density at radius 1 is 1.31 bits per heavy atom. The molecule has 1 atom stereocenters. The lowest BCUT2D eigenvalue weighted by Gasteiger charge is -2.22. The number of rotatable bonds is 6. The molecule has 2 aromatic carbocycles. The van der Waals surface area contributed by atoms with E-state index in [1.54, 1.807) is 17.8 Å². The molecular weight excluding hydrogens is 386 g/mol. The van der Waals surface area contributed by atoms with Gasteiger partial charge < -0.3 is 5.11 Å². The maximum Gasteiger partial charge on any atom is 0.326 e. The number of hydrogen-bond acceptors (Lipinski definition) is 5. The van der Waals surface area contributed by atoms with Crippen molar-refractivity contribution in [2.24, 2.45) is 0 Å². The summed E-state index contributed by atoms with van der Waals surface area (Å²) in [4.78, 5) is 26.2. The summed E-state index contributed by atoms with van der Waals surface area (Å²) < 4.78 is 0.301. The molecule has 0 unspecified atom stereocenters. The predicted octanol–water partition coefficient (Wildman–Crippen LogP) is 4.25. The number of carbonyl (C=O) groups excluding carboxylic acids is 1. The molecule has 4 nitrogen and oxygen atoms in total. The summed E-state index contributed by atoms with van der Waals surface area (Å²) in [5.41, 5.74) is 0.916. The van der Waals surface area contributed by atoms with Crippen LogP contribution in [0.4, 0.5) is 0 Å². The van der Waals surface area contributed by atoms with Crippen molar-refractivity contribution in [2.45, 2.75) is 12.5 Å². The van der Waals surface area contributed by atoms with Crippen molar-refractivity contribution in [3.63, 3.8) is 0 Å². The average molecular weight is 404 g/mol. The average Bonchev–Trinajstić information content (AvgIpc) is 2.90. The standard InChI is InChI=1S/C19H17NO3S3/c1-25-10-9-15(18(22)23)20-17(21)16(26-19(20)24)11-13-7-4-6-12-5-2-3-8-14(12)13/h2-8,11,15H,9-10H2,1H3,(H,22,23)/b16-11+/t15-/m0/s1. The number of amides is 1. The summed E-state index contributed by atoms with van der Waals surface area (Å²) >= 11 is 8.02. The molecule has 0 aliphatic carbocycles. The van der Waals surface area contributed by atoms with Crippen LogP contribution in [-0.4, -0.2) is 44.3 Å². The zero-order chi connectivity index (χ0) is 18.7. The van der Waals surface area contributed by atoms with Crippen molar-refractivity contribution in [3.8, 4) is 0 Å². The molecule has 1 aliphatic heterocycles. The monoisotopic (exact) mass is 403 g/mol. The number of thioether (sulfide) groups is 2. The van der Waals surface area contributed by atoms with Gasteiger partial charge in [-0.2, -0.15) is 11.8 Å². The fraction of sp³-hybridized carbons (Fsp3) is 0.211. The van der Waals surface area contributed by atoms with Crippen LogP contribution in [0.2, 0.25) is 0 Å². The highest BCUT2D eigenvalue weighted by Gasteiger charge is 2.40. The molecule has 134 valence electrons. The number of thiocarbonyl (C=S) groups is 1. The van der Waals surface area contributed by atoms with Gasteiger partial charge in [-0.05, 0) is 40.8 Å². The highest BCUT2D eigenvalue weighted by atomic mass is 32.2. The van der Waals surface area contributed by atoms with Gasteiger partial charge >= 0.3 is 5.97 Å². The largest absolute Gasteiger partial charge is 0.480 e. The zero-order valence-electron chi connectivity index (χ0n) is 14.0. The summed E-state index contributed by atoms with van der Waals surface area (Å²) in [6.07, 6.45) is 4.07. The van der Waals surface area contributed by atoms with Gasteiger partial charge in [0.15, 0.2) is 0 Å². The van der Waals surface area contributed by atoms with Crippen molar-refractivity contribution in [2.75, 3.05) is 12.0 Å². The summed E-state index contributed by atoms with van der Waals surface area (Å²) in [5.74, 6) is -0.709. The Labute approximate surface area is 165 Å². The Morgan fingerprint density at radius 2 is 2.04 bits per heavy atom. The van der Waals surface area contributed by atoms with Crippen LogP contribution >= 0.6 is 35.7 Å². The van der Waals surface area contributed by atoms with Crippen LogP contribution in [0.3, 0.4) is 0 Å². The first-order valence-corrected chi connectivity index (χ1v) is 10.6. The highest BCUT2D eigenvalue weighted by Crippen LogP contribution is 2.35. The molecule has 0 bridgehead atoms. The minimum Gasteiger partial charge on any atom is -0.480 e. The van der Waals surface area contributed by atoms with E-state index in [0.29, 0.717) is 21.4 Å². The van der Waals surface area contributed by atoms with Crippen LogP contribution in [0, 0.1) is 0 Å². The number of nitrogens with zero attached hydrogens (tertiary/aromatic N) is 1. The normalized spacial score (nSPS) is 17.3. The summed E-state index contributed by atoms with van der Waals surface area (Å²) in [7, 11) is 0. The maximum atomic E-state index is 12.8. The van der Waals surface area contributed by atoms with Crippen molar-refractivity contribution in [1.82, 2.24) is 4.90 Å². The van der Waals surface area contributed by atoms with Gasteiger partial charge in [-0.15, -0.1) is 0 Å². The number of hydrogen-bond donors (Lipinski definition) is 1. The number of carboxylic acids is 1. The fourth-order valence-corrected chi connectivity index (χ4v) is 4.67. The number of carboxylic acid groups (broad SMARTS) is 1. The second kappa shape index (κ2) is 8.24. The lowest BCUT2D eigenvalue weighted by atomic mass is 10.0. The summed E-state index contributed by atoms with van der Waals surface area (Å²) in [6.45, 7) is 0. The van der Waals surface area contributed by atoms with E-state index >= 15 is 0 Å². The Morgan fingerprint density at radius 3 is 2.77 bits per heavy atom. The molecule has 3 rings (SSSR count). The molecule has 0 radical (unpaired) electrons. The Hall–Kier alpha value is -1.83. The third-order valence-electron chi connectivity index (χ3n) is 4.13. The minimum atomic E-state index is -1.03. The van der Waals surface area contributed by atoms with Crippen LogP contribution in [-0.2, 0) is 9.59 Å². The minimum absolute atomic E-state index is 0.301. The first-order valence-electron chi connectivity index (χ1n) is 7.99. The molecule has 1 fully saturated rings. The van der Waals surface area contributed by atoms with Crippen LogP contribution in [0.1, 0.15) is 12.0 Å². The maximum absolute atomic E-state index is 12.8. The second-order valence-electron chi connectivity index (χ2n) is 5.76. The number of fused-ring (bicyclic) bond motifs is 1. The molecule has 1 amide bonds. The van der Waals surface area contributed by atoms with Gasteiger partial charge in [0, 0.05) is 0 Å². The molecule has 26 heavy (non-hydrogen) atoms. The smallest absolute Gasteiger partial charge is 0.326 e. The van der Waals surface area contributed by atoms with Gasteiger partial charge in [0.25, 0.3) is 5.91 Å². The molecule has 1 saturated heterocycles. The van der Waals surface area contributed by atoms with Crippen LogP contribution in [0.15, 0.2) is 47.4 Å². The van der Waals surface area contributed by atoms with E-state index in [0.717, 1.165) is 28.1 Å². The molecule has 2 aromatic rings. The van der Waals surface area contributed by atoms with E-state index in [1.807, 2.05) is 48.7 Å². The molecule has 7 heteroatoms. The van der Waals surface area contributed by atoms with Crippen molar-refractivity contribution in [1.29, 1.82) is 0 Å². The lowest BCUT2D eigenvalue weighted by Crippen LogP contribution is -2.44. The first kappa shape index (κ1) is 18.9. The molecule has 1 heterocycles. The Balaban J connectivity index is 1.95. The first-order chi connectivity index (χ1) is 12.5. The Kier molecular flexibility index (Phi) is 6.01. The topological polar surface area (TPSA) is 57.6 Å². The van der Waals surface area contributed by atoms with Crippen molar-refractivity contribution < 1.29 is 14.7 Å². The quantitative estimate of drug-likeness (QED) is 0.575. The van der Waals surface area contributed by atoms with Gasteiger partial charge in [-0.25, -0.2) is 4.79 Å². The summed E-state index contributed by atoms with van der Waals surface area (Å²) in [5, 5.41) is 11.6. The van der Waals surface area contributed by atoms with Crippen LogP contribution < -0.4 is 0 Å². The molecule has 0 spiro atoms. The fourth-order valence-electron chi connectivity index (χ4n) is 2.86. The Bertz CT molecular complexity index is 905. The van der Waals surface area contributed by atoms with Crippen molar-refractivity contribution >= 4 is 68.8 Å². The number of benzene rings is 2. The van der Waals surface area contributed by atoms with E-state index in [4.69, 9.17) is 12.2 Å². The third kappa shape index (κ3) is 3.79. The SMILES string of the molecule is CSCC[C@@H](C(=O)O)N1C(=O)/C(=C\c2cccc3ccccc23)SC1=S. The van der Waals surface area contributed by atoms with E-state index < -0.39 is 12.0 Å². The number of aliphatic carboxylic acids is 1. The molecule has 0 saturated carbocycles. The van der Waals surface area contributed by atoms with E-state index in [9.17, 15) is 14.7 Å². The van der Waals surface area contributed by atoms with E-state index in [1.165, 1.54) is 4.90 Å². The summed E-state index contributed by atoms with van der Waals surface area (Å²) in [6, 6.07) is 12.9. The second-order valence-corrected chi connectivity index (χ2v) is 8.42. The van der Waals surface area contributed by atoms with Crippen LogP contribution in [0.25, 0.3) is 16.8 Å². The van der Waals surface area contributed by atoms with E-state index in [-0.39, 0.29) is 5.91 Å². The van der Waals surface area contributed by atoms with Gasteiger partial charge in [0.2, 0.25) is 0 Å². The van der Waals surface area contributed by atoms with Gasteiger partial charge in [0.1, 0.15) is 10.4 Å². The molecule has 1 aliphatic rings. The zero-order valence-corrected chi connectivity index (χ0v) is 16.5. The van der Waals surface area contributed by atoms with Crippen LogP contribution in [0.5, 0.6) is 0 Å². The molecule has 1 N–H and O–H groups in total. The van der Waals surface area contributed by atoms with E-state index in [2.05, 4.69) is 0 Å². The lowest BCUT2D eigenvalue weighted by molar-refractivity contribution is -0.145. The molecule has 0 aromatic heterocycles. The predicted molar refractivity (Wildman–Crippen MR) is 113 cm³/mol. The van der Waals surface area contributed by atoms with Gasteiger partial charge in [-0.3, -0.25) is 9.69 Å².